The van der Waals surface area contributed by atoms with Crippen LogP contribution >= 0.6 is 11.6 Å². The molecule has 6 heteroatoms. The van der Waals surface area contributed by atoms with E-state index >= 15 is 0 Å². The molecule has 152 valence electrons. The number of phenols is 1. The number of morpholine rings is 1. The Hall–Kier alpha value is -3.02. The lowest BCUT2D eigenvalue weighted by atomic mass is 9.89. The molecular weight excluding hydrogens is 398 g/mol. The van der Waals surface area contributed by atoms with Gasteiger partial charge in [0.2, 0.25) is 0 Å². The molecular formula is C24H22ClN3O2. The van der Waals surface area contributed by atoms with Gasteiger partial charge in [-0.05, 0) is 48.0 Å². The van der Waals surface area contributed by atoms with Gasteiger partial charge in [-0.25, -0.2) is 4.98 Å². The topological polar surface area (TPSA) is 61.4 Å². The van der Waals surface area contributed by atoms with Gasteiger partial charge in [0.1, 0.15) is 11.6 Å². The first-order chi connectivity index (χ1) is 14.7. The van der Waals surface area contributed by atoms with E-state index in [0.717, 1.165) is 60.0 Å². The number of nitrogens with one attached hydrogen (secondary N) is 1. The van der Waals surface area contributed by atoms with Crippen molar-refractivity contribution in [3.05, 3.63) is 88.7 Å². The fraction of sp³-hybridized carbons (Fsp3) is 0.208. The van der Waals surface area contributed by atoms with Crippen LogP contribution < -0.4 is 4.90 Å². The van der Waals surface area contributed by atoms with Gasteiger partial charge in [0.05, 0.1) is 30.2 Å². The van der Waals surface area contributed by atoms with E-state index in [1.165, 1.54) is 0 Å². The number of para-hydroxylation sites is 2. The molecule has 0 amide bonds. The summed E-state index contributed by atoms with van der Waals surface area (Å²) in [4.78, 5) is 10.6. The highest BCUT2D eigenvalue weighted by atomic mass is 35.5. The third-order valence-electron chi connectivity index (χ3n) is 5.56. The van der Waals surface area contributed by atoms with E-state index in [1.54, 1.807) is 12.1 Å². The van der Waals surface area contributed by atoms with Crippen molar-refractivity contribution >= 4 is 28.3 Å². The molecule has 4 aromatic rings. The quantitative estimate of drug-likeness (QED) is 0.492. The molecule has 1 fully saturated rings. The van der Waals surface area contributed by atoms with E-state index in [9.17, 15) is 5.11 Å². The monoisotopic (exact) mass is 419 g/mol. The molecule has 0 saturated carbocycles. The number of rotatable bonds is 4. The van der Waals surface area contributed by atoms with Gasteiger partial charge in [-0.1, -0.05) is 35.9 Å². The number of anilines is 1. The Labute approximate surface area is 179 Å². The van der Waals surface area contributed by atoms with Crippen LogP contribution in [0.5, 0.6) is 5.75 Å². The van der Waals surface area contributed by atoms with E-state index in [-0.39, 0.29) is 11.7 Å². The van der Waals surface area contributed by atoms with Crippen LogP contribution in [0.4, 0.5) is 5.69 Å². The maximum Gasteiger partial charge on any atom is 0.119 e. The summed E-state index contributed by atoms with van der Waals surface area (Å²) in [6.45, 7) is 3.18. The van der Waals surface area contributed by atoms with Crippen LogP contribution in [0.15, 0.2) is 66.7 Å². The van der Waals surface area contributed by atoms with Crippen molar-refractivity contribution in [1.82, 2.24) is 9.97 Å². The summed E-state index contributed by atoms with van der Waals surface area (Å²) in [6, 6.07) is 21.5. The summed E-state index contributed by atoms with van der Waals surface area (Å²) in [5.74, 6) is 0.687. The van der Waals surface area contributed by atoms with Crippen molar-refractivity contribution in [2.75, 3.05) is 31.2 Å². The van der Waals surface area contributed by atoms with Crippen molar-refractivity contribution < 1.29 is 9.84 Å². The molecule has 30 heavy (non-hydrogen) atoms. The zero-order valence-electron chi connectivity index (χ0n) is 16.4. The predicted molar refractivity (Wildman–Crippen MR) is 120 cm³/mol. The third kappa shape index (κ3) is 3.62. The summed E-state index contributed by atoms with van der Waals surface area (Å²) in [5.41, 5.74) is 4.75. The summed E-state index contributed by atoms with van der Waals surface area (Å²) < 4.78 is 5.50. The number of aromatic nitrogens is 2. The van der Waals surface area contributed by atoms with Crippen LogP contribution in [0.2, 0.25) is 5.02 Å². The highest BCUT2D eigenvalue weighted by Gasteiger charge is 2.25. The van der Waals surface area contributed by atoms with E-state index in [2.05, 4.69) is 34.1 Å². The van der Waals surface area contributed by atoms with Gasteiger partial charge >= 0.3 is 0 Å². The maximum absolute atomic E-state index is 10.7. The number of aromatic hydroxyl groups is 1. The second-order valence-electron chi connectivity index (χ2n) is 7.47. The maximum atomic E-state index is 10.7. The van der Waals surface area contributed by atoms with Crippen molar-refractivity contribution in [3.8, 4) is 5.75 Å². The van der Waals surface area contributed by atoms with Crippen LogP contribution in [0, 0.1) is 0 Å². The van der Waals surface area contributed by atoms with E-state index in [0.29, 0.717) is 5.02 Å². The van der Waals surface area contributed by atoms with Crippen molar-refractivity contribution in [2.45, 2.75) is 5.92 Å². The van der Waals surface area contributed by atoms with Gasteiger partial charge in [0.15, 0.2) is 0 Å². The molecule has 2 N–H and O–H groups in total. The van der Waals surface area contributed by atoms with Crippen LogP contribution in [0.1, 0.15) is 22.9 Å². The fourth-order valence-electron chi connectivity index (χ4n) is 4.07. The first kappa shape index (κ1) is 19.0. The second-order valence-corrected chi connectivity index (χ2v) is 7.91. The number of phenolic OH excluding ortho intramolecular Hbond substituents is 1. The molecule has 1 aliphatic heterocycles. The lowest BCUT2D eigenvalue weighted by molar-refractivity contribution is 0.122. The summed E-state index contributed by atoms with van der Waals surface area (Å²) in [7, 11) is 0. The summed E-state index contributed by atoms with van der Waals surface area (Å²) in [6.07, 6.45) is 0. The SMILES string of the molecule is Oc1ccc(Cl)cc1C(c1cccc(N2CCOCC2)c1)c1nc2ccccc2[nH]1. The molecule has 0 radical (unpaired) electrons. The second kappa shape index (κ2) is 8.01. The van der Waals surface area contributed by atoms with E-state index in [4.69, 9.17) is 21.3 Å². The number of imidazole rings is 1. The first-order valence-electron chi connectivity index (χ1n) is 10.0. The molecule has 0 aliphatic carbocycles. The highest BCUT2D eigenvalue weighted by Crippen LogP contribution is 2.38. The minimum absolute atomic E-state index is 0.196. The van der Waals surface area contributed by atoms with Crippen molar-refractivity contribution in [2.24, 2.45) is 0 Å². The van der Waals surface area contributed by atoms with Gasteiger partial charge in [0, 0.05) is 29.4 Å². The Morgan fingerprint density at radius 3 is 2.67 bits per heavy atom. The summed E-state index contributed by atoms with van der Waals surface area (Å²) in [5, 5.41) is 11.3. The number of hydrogen-bond acceptors (Lipinski definition) is 4. The Kier molecular flexibility index (Phi) is 5.07. The average Bonchev–Trinajstić information content (AvgIpc) is 3.21. The number of nitrogens with zero attached hydrogens (tertiary/aromatic N) is 2. The molecule has 1 saturated heterocycles. The smallest absolute Gasteiger partial charge is 0.119 e. The Balaban J connectivity index is 1.65. The lowest BCUT2D eigenvalue weighted by Crippen LogP contribution is -2.36. The average molecular weight is 420 g/mol. The molecule has 3 aromatic carbocycles. The summed E-state index contributed by atoms with van der Waals surface area (Å²) >= 11 is 6.30. The fourth-order valence-corrected chi connectivity index (χ4v) is 4.25. The van der Waals surface area contributed by atoms with Gasteiger partial charge in [-0.3, -0.25) is 0 Å². The molecule has 0 bridgehead atoms. The highest BCUT2D eigenvalue weighted by molar-refractivity contribution is 6.30. The van der Waals surface area contributed by atoms with Crippen LogP contribution in [-0.4, -0.2) is 41.4 Å². The number of aromatic amines is 1. The largest absolute Gasteiger partial charge is 0.508 e. The van der Waals surface area contributed by atoms with Gasteiger partial charge in [-0.2, -0.15) is 0 Å². The molecule has 5 nitrogen and oxygen atoms in total. The minimum Gasteiger partial charge on any atom is -0.508 e. The van der Waals surface area contributed by atoms with Crippen molar-refractivity contribution in [1.29, 1.82) is 0 Å². The van der Waals surface area contributed by atoms with E-state index in [1.807, 2.05) is 30.3 Å². The molecule has 0 spiro atoms. The number of ether oxygens (including phenoxy) is 1. The van der Waals surface area contributed by atoms with Crippen LogP contribution in [-0.2, 0) is 4.74 Å². The van der Waals surface area contributed by atoms with Gasteiger partial charge in [0.25, 0.3) is 0 Å². The van der Waals surface area contributed by atoms with Crippen molar-refractivity contribution in [3.63, 3.8) is 0 Å². The normalized spacial score (nSPS) is 15.4. The number of fused-ring (bicyclic) bond motifs is 1. The first-order valence-corrected chi connectivity index (χ1v) is 10.4. The molecule has 1 aromatic heterocycles. The lowest BCUT2D eigenvalue weighted by Gasteiger charge is -2.29. The number of benzene rings is 3. The Morgan fingerprint density at radius 1 is 1.00 bits per heavy atom. The Morgan fingerprint density at radius 2 is 1.83 bits per heavy atom. The zero-order chi connectivity index (χ0) is 20.5. The third-order valence-corrected chi connectivity index (χ3v) is 5.80. The predicted octanol–water partition coefficient (Wildman–Crippen LogP) is 4.94. The number of H-pyrrole nitrogens is 1. The number of hydrogen-bond donors (Lipinski definition) is 2. The molecule has 5 rings (SSSR count). The Bertz CT molecular complexity index is 1150. The standard InChI is InChI=1S/C24H22ClN3O2/c25-17-8-9-22(29)19(15-17)23(24-26-20-6-1-2-7-21(20)27-24)16-4-3-5-18(14-16)28-10-12-30-13-11-28/h1-9,14-15,23,29H,10-13H2,(H,26,27). The minimum atomic E-state index is -0.280. The molecule has 1 aliphatic rings. The van der Waals surface area contributed by atoms with Crippen LogP contribution in [0.3, 0.4) is 0 Å². The molecule has 1 atom stereocenters. The number of halogens is 1. The van der Waals surface area contributed by atoms with Gasteiger partial charge in [-0.15, -0.1) is 0 Å². The van der Waals surface area contributed by atoms with Gasteiger partial charge < -0.3 is 19.7 Å². The zero-order valence-corrected chi connectivity index (χ0v) is 17.1. The van der Waals surface area contributed by atoms with Crippen LogP contribution in [0.25, 0.3) is 11.0 Å². The molecule has 2 heterocycles. The molecule has 1 unspecified atom stereocenters. The van der Waals surface area contributed by atoms with E-state index < -0.39 is 0 Å².